The molecule has 0 atom stereocenters. The van der Waals surface area contributed by atoms with E-state index in [0.29, 0.717) is 5.92 Å². The molecule has 5 nitrogen and oxygen atoms in total. The van der Waals surface area contributed by atoms with Crippen LogP contribution in [0.1, 0.15) is 46.9 Å². The summed E-state index contributed by atoms with van der Waals surface area (Å²) in [6.45, 7) is 13.7. The Balaban J connectivity index is 2.62. The predicted octanol–water partition coefficient (Wildman–Crippen LogP) is 1.85. The lowest BCUT2D eigenvalue weighted by molar-refractivity contribution is 0.196. The van der Waals surface area contributed by atoms with Gasteiger partial charge in [0.05, 0.1) is 13.1 Å². The van der Waals surface area contributed by atoms with Crippen molar-refractivity contribution < 1.29 is 0 Å². The number of aromatic nitrogens is 4. The summed E-state index contributed by atoms with van der Waals surface area (Å²) in [5, 5.41) is 15.2. The van der Waals surface area contributed by atoms with Crippen molar-refractivity contribution >= 4 is 0 Å². The highest BCUT2D eigenvalue weighted by atomic mass is 15.5. The number of nitrogens with one attached hydrogen (secondary N) is 1. The second-order valence-electron chi connectivity index (χ2n) is 5.57. The van der Waals surface area contributed by atoms with Gasteiger partial charge in [-0.3, -0.25) is 0 Å². The van der Waals surface area contributed by atoms with Crippen LogP contribution < -0.4 is 5.32 Å². The molecule has 5 heteroatoms. The van der Waals surface area contributed by atoms with E-state index in [9.17, 15) is 0 Å². The highest BCUT2D eigenvalue weighted by Crippen LogP contribution is 2.27. The van der Waals surface area contributed by atoms with Crippen LogP contribution in [0.15, 0.2) is 0 Å². The molecule has 0 bridgehead atoms. The summed E-state index contributed by atoms with van der Waals surface area (Å²) >= 11 is 0. The second-order valence-corrected chi connectivity index (χ2v) is 5.57. The molecule has 0 aliphatic heterocycles. The van der Waals surface area contributed by atoms with E-state index in [0.717, 1.165) is 31.9 Å². The van der Waals surface area contributed by atoms with Crippen LogP contribution in [0.4, 0.5) is 0 Å². The van der Waals surface area contributed by atoms with E-state index in [-0.39, 0.29) is 5.41 Å². The molecule has 1 aromatic heterocycles. The monoisotopic (exact) mass is 239 g/mol. The van der Waals surface area contributed by atoms with E-state index in [4.69, 9.17) is 0 Å². The Kier molecular flexibility index (Phi) is 5.05. The summed E-state index contributed by atoms with van der Waals surface area (Å²) in [5.74, 6) is 1.52. The van der Waals surface area contributed by atoms with Crippen LogP contribution in [0.5, 0.6) is 0 Å². The first-order valence-electron chi connectivity index (χ1n) is 6.43. The maximum atomic E-state index is 4.08. The molecular formula is C12H25N5. The van der Waals surface area contributed by atoms with Gasteiger partial charge in [-0.1, -0.05) is 34.6 Å². The van der Waals surface area contributed by atoms with Gasteiger partial charge in [-0.2, -0.15) is 0 Å². The Bertz CT molecular complexity index is 329. The van der Waals surface area contributed by atoms with E-state index in [1.807, 2.05) is 4.68 Å². The summed E-state index contributed by atoms with van der Waals surface area (Å²) in [7, 11) is 0. The van der Waals surface area contributed by atoms with E-state index in [1.54, 1.807) is 0 Å². The molecule has 0 fully saturated rings. The third-order valence-corrected chi connectivity index (χ3v) is 3.44. The lowest BCUT2D eigenvalue weighted by Crippen LogP contribution is -2.28. The molecule has 0 aliphatic carbocycles. The van der Waals surface area contributed by atoms with Gasteiger partial charge in [-0.25, -0.2) is 4.68 Å². The zero-order valence-electron chi connectivity index (χ0n) is 11.7. The minimum absolute atomic E-state index is 0.203. The molecule has 1 heterocycles. The van der Waals surface area contributed by atoms with Crippen LogP contribution in [0.25, 0.3) is 0 Å². The van der Waals surface area contributed by atoms with Gasteiger partial charge in [0.1, 0.15) is 0 Å². The first-order valence-corrected chi connectivity index (χ1v) is 6.43. The van der Waals surface area contributed by atoms with Crippen molar-refractivity contribution in [1.82, 2.24) is 25.5 Å². The van der Waals surface area contributed by atoms with Crippen LogP contribution in [-0.2, 0) is 13.1 Å². The molecule has 0 spiro atoms. The van der Waals surface area contributed by atoms with Crippen LogP contribution in [0, 0.1) is 11.3 Å². The fraction of sp³-hybridized carbons (Fsp3) is 0.917. The molecule has 0 amide bonds. The second kappa shape index (κ2) is 6.10. The molecule has 0 unspecified atom stereocenters. The van der Waals surface area contributed by atoms with Crippen LogP contribution in [0.3, 0.4) is 0 Å². The predicted molar refractivity (Wildman–Crippen MR) is 68.4 cm³/mol. The summed E-state index contributed by atoms with van der Waals surface area (Å²) < 4.78 is 1.92. The number of hydrogen-bond donors (Lipinski definition) is 1. The summed E-state index contributed by atoms with van der Waals surface area (Å²) in [4.78, 5) is 0. The van der Waals surface area contributed by atoms with Crippen LogP contribution in [-0.4, -0.2) is 26.8 Å². The van der Waals surface area contributed by atoms with Gasteiger partial charge in [-0.15, -0.1) is 5.10 Å². The summed E-state index contributed by atoms with van der Waals surface area (Å²) in [6, 6.07) is 0. The van der Waals surface area contributed by atoms with Crippen molar-refractivity contribution in [3.8, 4) is 0 Å². The first-order chi connectivity index (χ1) is 7.97. The molecular weight excluding hydrogens is 214 g/mol. The standard InChI is InChI=1S/C12H25N5/c1-6-7-13-8-11-14-15-16-17(11)9-12(4,5)10(2)3/h10,13H,6-9H2,1-5H3. The SMILES string of the molecule is CCCNCc1nnnn1CC(C)(C)C(C)C. The van der Waals surface area contributed by atoms with E-state index in [2.05, 4.69) is 55.5 Å². The molecule has 0 aromatic carbocycles. The number of rotatable bonds is 7. The first kappa shape index (κ1) is 14.1. The molecule has 1 aromatic rings. The molecule has 0 radical (unpaired) electrons. The van der Waals surface area contributed by atoms with Crippen molar-refractivity contribution in [3.05, 3.63) is 5.82 Å². The van der Waals surface area contributed by atoms with E-state index in [1.165, 1.54) is 0 Å². The maximum Gasteiger partial charge on any atom is 0.165 e. The third kappa shape index (κ3) is 4.07. The van der Waals surface area contributed by atoms with E-state index >= 15 is 0 Å². The van der Waals surface area contributed by atoms with Gasteiger partial charge in [-0.05, 0) is 34.7 Å². The van der Waals surface area contributed by atoms with Crippen molar-refractivity contribution in [2.75, 3.05) is 6.54 Å². The van der Waals surface area contributed by atoms with Crippen molar-refractivity contribution in [2.24, 2.45) is 11.3 Å². The lowest BCUT2D eigenvalue weighted by Gasteiger charge is -2.29. The number of tetrazole rings is 1. The van der Waals surface area contributed by atoms with Crippen molar-refractivity contribution in [3.63, 3.8) is 0 Å². The van der Waals surface area contributed by atoms with Crippen LogP contribution in [0.2, 0.25) is 0 Å². The minimum Gasteiger partial charge on any atom is -0.310 e. The van der Waals surface area contributed by atoms with Crippen molar-refractivity contribution in [2.45, 2.75) is 54.1 Å². The molecule has 0 saturated heterocycles. The van der Waals surface area contributed by atoms with Gasteiger partial charge in [0.25, 0.3) is 0 Å². The molecule has 1 rings (SSSR count). The quantitative estimate of drug-likeness (QED) is 0.738. The lowest BCUT2D eigenvalue weighted by atomic mass is 9.81. The van der Waals surface area contributed by atoms with Gasteiger partial charge >= 0.3 is 0 Å². The molecule has 1 N–H and O–H groups in total. The Morgan fingerprint density at radius 1 is 1.35 bits per heavy atom. The Labute approximate surface area is 104 Å². The highest BCUT2D eigenvalue weighted by Gasteiger charge is 2.24. The Hall–Kier alpha value is -0.970. The van der Waals surface area contributed by atoms with Crippen LogP contribution >= 0.6 is 0 Å². The number of nitrogens with zero attached hydrogens (tertiary/aromatic N) is 4. The fourth-order valence-electron chi connectivity index (χ4n) is 1.42. The summed E-state index contributed by atoms with van der Waals surface area (Å²) in [6.07, 6.45) is 1.12. The average Bonchev–Trinajstić information content (AvgIpc) is 2.65. The molecule has 0 aliphatic rings. The van der Waals surface area contributed by atoms with Gasteiger partial charge in [0.15, 0.2) is 5.82 Å². The normalized spacial score (nSPS) is 12.4. The zero-order chi connectivity index (χ0) is 12.9. The molecule has 17 heavy (non-hydrogen) atoms. The largest absolute Gasteiger partial charge is 0.310 e. The van der Waals surface area contributed by atoms with Gasteiger partial charge in [0.2, 0.25) is 0 Å². The zero-order valence-corrected chi connectivity index (χ0v) is 11.7. The Morgan fingerprint density at radius 3 is 2.65 bits per heavy atom. The number of hydrogen-bond acceptors (Lipinski definition) is 4. The highest BCUT2D eigenvalue weighted by molar-refractivity contribution is 4.83. The van der Waals surface area contributed by atoms with Gasteiger partial charge < -0.3 is 5.32 Å². The van der Waals surface area contributed by atoms with E-state index < -0.39 is 0 Å². The maximum absolute atomic E-state index is 4.08. The third-order valence-electron chi connectivity index (χ3n) is 3.44. The van der Waals surface area contributed by atoms with Crippen molar-refractivity contribution in [1.29, 1.82) is 0 Å². The Morgan fingerprint density at radius 2 is 2.06 bits per heavy atom. The fourth-order valence-corrected chi connectivity index (χ4v) is 1.42. The summed E-state index contributed by atoms with van der Waals surface area (Å²) in [5.41, 5.74) is 0.203. The van der Waals surface area contributed by atoms with Gasteiger partial charge in [0, 0.05) is 0 Å². The average molecular weight is 239 g/mol. The molecule has 0 saturated carbocycles. The smallest absolute Gasteiger partial charge is 0.165 e. The molecule has 98 valence electrons. The minimum atomic E-state index is 0.203. The topological polar surface area (TPSA) is 55.6 Å².